The van der Waals surface area contributed by atoms with E-state index >= 15 is 0 Å². The van der Waals surface area contributed by atoms with Gasteiger partial charge in [-0.15, -0.1) is 0 Å². The zero-order valence-corrected chi connectivity index (χ0v) is 14.5. The van der Waals surface area contributed by atoms with Gasteiger partial charge in [0.25, 0.3) is 5.91 Å². The first-order chi connectivity index (χ1) is 11.7. The topological polar surface area (TPSA) is 50.8 Å². The summed E-state index contributed by atoms with van der Waals surface area (Å²) in [6.07, 6.45) is 5.19. The fourth-order valence-corrected chi connectivity index (χ4v) is 3.42. The molecule has 2 saturated heterocycles. The Labute approximate surface area is 144 Å². The van der Waals surface area contributed by atoms with Crippen LogP contribution in [0.25, 0.3) is 0 Å². The van der Waals surface area contributed by atoms with Crippen LogP contribution in [0.1, 0.15) is 41.6 Å². The molecule has 1 aromatic carbocycles. The zero-order chi connectivity index (χ0) is 16.8. The third-order valence-electron chi connectivity index (χ3n) is 4.93. The van der Waals surface area contributed by atoms with E-state index < -0.39 is 0 Å². The van der Waals surface area contributed by atoms with Gasteiger partial charge in [0.15, 0.2) is 0 Å². The van der Waals surface area contributed by atoms with Crippen molar-refractivity contribution in [3.8, 4) is 0 Å². The molecule has 0 aromatic heterocycles. The van der Waals surface area contributed by atoms with Gasteiger partial charge >= 0.3 is 0 Å². The highest BCUT2D eigenvalue weighted by Gasteiger charge is 2.22. The lowest BCUT2D eigenvalue weighted by Gasteiger charge is -2.32. The molecule has 24 heavy (non-hydrogen) atoms. The molecule has 132 valence electrons. The van der Waals surface area contributed by atoms with Gasteiger partial charge in [-0.2, -0.15) is 0 Å². The normalized spacial score (nSPS) is 22.6. The van der Waals surface area contributed by atoms with Gasteiger partial charge in [0.2, 0.25) is 0 Å². The maximum absolute atomic E-state index is 11.6. The second-order valence-corrected chi connectivity index (χ2v) is 6.72. The molecule has 2 heterocycles. The van der Waals surface area contributed by atoms with E-state index in [2.05, 4.69) is 10.2 Å². The Morgan fingerprint density at radius 3 is 2.62 bits per heavy atom. The van der Waals surface area contributed by atoms with E-state index in [0.717, 1.165) is 52.1 Å². The summed E-state index contributed by atoms with van der Waals surface area (Å²) in [6, 6.07) is 7.88. The molecule has 3 rings (SSSR count). The van der Waals surface area contributed by atoms with Gasteiger partial charge < -0.3 is 14.8 Å². The molecule has 1 aromatic rings. The van der Waals surface area contributed by atoms with Gasteiger partial charge in [-0.3, -0.25) is 9.69 Å². The summed E-state index contributed by atoms with van der Waals surface area (Å²) in [5.41, 5.74) is 1.96. The third-order valence-corrected chi connectivity index (χ3v) is 4.93. The predicted octanol–water partition coefficient (Wildman–Crippen LogP) is 2.21. The van der Waals surface area contributed by atoms with Crippen molar-refractivity contribution in [2.45, 2.75) is 44.4 Å². The van der Waals surface area contributed by atoms with E-state index in [0.29, 0.717) is 17.8 Å². The molecule has 0 saturated carbocycles. The van der Waals surface area contributed by atoms with Crippen molar-refractivity contribution < 1.29 is 14.3 Å². The second-order valence-electron chi connectivity index (χ2n) is 6.72. The summed E-state index contributed by atoms with van der Waals surface area (Å²) < 4.78 is 11.6. The smallest absolute Gasteiger partial charge is 0.251 e. The molecule has 1 amide bonds. The highest BCUT2D eigenvalue weighted by atomic mass is 16.5. The number of nitrogens with one attached hydrogen (secondary N) is 1. The minimum Gasteiger partial charge on any atom is -0.376 e. The Kier molecular flexibility index (Phi) is 6.24. The summed E-state index contributed by atoms with van der Waals surface area (Å²) in [4.78, 5) is 14.0. The Morgan fingerprint density at radius 2 is 2.00 bits per heavy atom. The minimum absolute atomic E-state index is 0.0363. The monoisotopic (exact) mass is 332 g/mol. The maximum atomic E-state index is 11.6. The number of rotatable bonds is 6. The number of likely N-dealkylation sites (tertiary alicyclic amines) is 1. The van der Waals surface area contributed by atoms with E-state index in [1.807, 2.05) is 24.3 Å². The quantitative estimate of drug-likeness (QED) is 0.868. The van der Waals surface area contributed by atoms with Gasteiger partial charge in [0.05, 0.1) is 18.8 Å². The number of hydrogen-bond acceptors (Lipinski definition) is 4. The molecule has 1 atom stereocenters. The van der Waals surface area contributed by atoms with E-state index in [9.17, 15) is 4.79 Å². The molecular formula is C19H28N2O3. The molecule has 2 aliphatic rings. The van der Waals surface area contributed by atoms with Crippen LogP contribution in [0.15, 0.2) is 24.3 Å². The largest absolute Gasteiger partial charge is 0.376 e. The fourth-order valence-electron chi connectivity index (χ4n) is 3.42. The van der Waals surface area contributed by atoms with Crippen molar-refractivity contribution in [1.29, 1.82) is 0 Å². The number of piperidine rings is 1. The Bertz CT molecular complexity index is 518. The summed E-state index contributed by atoms with van der Waals surface area (Å²) in [6.45, 7) is 4.71. The Hall–Kier alpha value is -1.43. The van der Waals surface area contributed by atoms with E-state index in [1.54, 1.807) is 7.05 Å². The van der Waals surface area contributed by atoms with Crippen LogP contribution in [0, 0.1) is 0 Å². The Balaban J connectivity index is 1.39. The molecule has 0 aliphatic carbocycles. The van der Waals surface area contributed by atoms with Crippen LogP contribution in [-0.2, 0) is 16.0 Å². The van der Waals surface area contributed by atoms with Crippen LogP contribution < -0.4 is 5.32 Å². The Morgan fingerprint density at radius 1 is 1.25 bits per heavy atom. The molecule has 1 N–H and O–H groups in total. The second kappa shape index (κ2) is 8.60. The lowest BCUT2D eigenvalue weighted by atomic mass is 10.1. The van der Waals surface area contributed by atoms with Crippen molar-refractivity contribution in [1.82, 2.24) is 10.2 Å². The predicted molar refractivity (Wildman–Crippen MR) is 93.1 cm³/mol. The molecule has 0 bridgehead atoms. The molecule has 0 spiro atoms. The van der Waals surface area contributed by atoms with E-state index in [1.165, 1.54) is 12.0 Å². The molecule has 5 heteroatoms. The average Bonchev–Trinajstić information content (AvgIpc) is 3.15. The highest BCUT2D eigenvalue weighted by Crippen LogP contribution is 2.19. The fraction of sp³-hybridized carbons (Fsp3) is 0.632. The van der Waals surface area contributed by atoms with E-state index in [4.69, 9.17) is 9.47 Å². The first-order valence-electron chi connectivity index (χ1n) is 9.01. The number of carbonyl (C=O) groups is 1. The van der Waals surface area contributed by atoms with Crippen LogP contribution in [0.4, 0.5) is 0 Å². The number of nitrogens with zero attached hydrogens (tertiary/aromatic N) is 1. The highest BCUT2D eigenvalue weighted by molar-refractivity contribution is 5.93. The van der Waals surface area contributed by atoms with Gasteiger partial charge in [0.1, 0.15) is 0 Å². The minimum atomic E-state index is -0.0363. The van der Waals surface area contributed by atoms with Crippen LogP contribution in [0.5, 0.6) is 0 Å². The van der Waals surface area contributed by atoms with Crippen LogP contribution in [-0.4, -0.2) is 56.4 Å². The van der Waals surface area contributed by atoms with Gasteiger partial charge in [-0.1, -0.05) is 12.1 Å². The third kappa shape index (κ3) is 4.79. The molecule has 1 unspecified atom stereocenters. The SMILES string of the molecule is CNC(=O)c1ccc(CN2CCC(OCC3CCCO3)CC2)cc1. The lowest BCUT2D eigenvalue weighted by molar-refractivity contribution is -0.0426. The molecule has 2 fully saturated rings. The summed E-state index contributed by atoms with van der Waals surface area (Å²) in [7, 11) is 1.65. The lowest BCUT2D eigenvalue weighted by Crippen LogP contribution is -2.37. The standard InChI is InChI=1S/C19H28N2O3/c1-20-19(22)16-6-4-15(5-7-16)13-21-10-8-17(9-11-21)24-14-18-3-2-12-23-18/h4-7,17-18H,2-3,8-14H2,1H3,(H,20,22). The first kappa shape index (κ1) is 17.4. The number of amides is 1. The van der Waals surface area contributed by atoms with Crippen molar-refractivity contribution in [2.24, 2.45) is 0 Å². The number of hydrogen-bond donors (Lipinski definition) is 1. The summed E-state index contributed by atoms with van der Waals surface area (Å²) in [5, 5.41) is 2.65. The number of ether oxygens (including phenoxy) is 2. The van der Waals surface area contributed by atoms with Crippen LogP contribution in [0.3, 0.4) is 0 Å². The van der Waals surface area contributed by atoms with Crippen molar-refractivity contribution >= 4 is 5.91 Å². The maximum Gasteiger partial charge on any atom is 0.251 e. The van der Waals surface area contributed by atoms with Crippen molar-refractivity contribution in [3.63, 3.8) is 0 Å². The van der Waals surface area contributed by atoms with Crippen molar-refractivity contribution in [3.05, 3.63) is 35.4 Å². The zero-order valence-electron chi connectivity index (χ0n) is 14.5. The average molecular weight is 332 g/mol. The first-order valence-corrected chi connectivity index (χ1v) is 9.01. The van der Waals surface area contributed by atoms with Gasteiger partial charge in [0, 0.05) is 38.9 Å². The van der Waals surface area contributed by atoms with E-state index in [-0.39, 0.29) is 5.91 Å². The summed E-state index contributed by atoms with van der Waals surface area (Å²) in [5.74, 6) is -0.0363. The van der Waals surface area contributed by atoms with Gasteiger partial charge in [-0.25, -0.2) is 0 Å². The molecular weight excluding hydrogens is 304 g/mol. The van der Waals surface area contributed by atoms with Crippen molar-refractivity contribution in [2.75, 3.05) is 33.4 Å². The molecule has 2 aliphatic heterocycles. The van der Waals surface area contributed by atoms with Crippen LogP contribution in [0.2, 0.25) is 0 Å². The number of benzene rings is 1. The molecule has 5 nitrogen and oxygen atoms in total. The van der Waals surface area contributed by atoms with Crippen LogP contribution >= 0.6 is 0 Å². The summed E-state index contributed by atoms with van der Waals surface area (Å²) >= 11 is 0. The molecule has 0 radical (unpaired) electrons. The number of carbonyl (C=O) groups excluding carboxylic acids is 1. The van der Waals surface area contributed by atoms with Gasteiger partial charge in [-0.05, 0) is 43.4 Å².